The molecule has 0 bridgehead atoms. The van der Waals surface area contributed by atoms with Gasteiger partial charge in [-0.1, -0.05) is 50.7 Å². The predicted octanol–water partition coefficient (Wildman–Crippen LogP) is 3.89. The van der Waals surface area contributed by atoms with E-state index in [1.54, 1.807) is 27.7 Å². The first kappa shape index (κ1) is 19.7. The molecule has 0 aromatic heterocycles. The minimum atomic E-state index is -1.69. The lowest BCUT2D eigenvalue weighted by Crippen LogP contribution is -2.38. The molecular weight excluding hydrogens is 280 g/mol. The first-order chi connectivity index (χ1) is 8.47. The molecule has 0 saturated heterocycles. The molecule has 116 valence electrons. The minimum Gasteiger partial charge on any atom is -0.386 e. The molecule has 2 nitrogen and oxygen atoms in total. The average molecular weight is 313 g/mol. The van der Waals surface area contributed by atoms with Gasteiger partial charge in [-0.05, 0) is 38.1 Å². The van der Waals surface area contributed by atoms with Crippen molar-refractivity contribution in [2.75, 3.05) is 0 Å². The third kappa shape index (κ3) is 5.96. The van der Waals surface area contributed by atoms with E-state index >= 15 is 0 Å². The second-order valence-electron chi connectivity index (χ2n) is 8.62. The summed E-state index contributed by atoms with van der Waals surface area (Å²) in [5.74, 6) is 0. The second kappa shape index (κ2) is 5.80. The lowest BCUT2D eigenvalue weighted by Gasteiger charge is -2.30. The van der Waals surface area contributed by atoms with Gasteiger partial charge in [-0.2, -0.15) is 0 Å². The fourth-order valence-corrected chi connectivity index (χ4v) is 7.19. The summed E-state index contributed by atoms with van der Waals surface area (Å²) in [5, 5.41) is 22.6. The van der Waals surface area contributed by atoms with Crippen molar-refractivity contribution in [1.82, 2.24) is 0 Å². The second-order valence-corrected chi connectivity index (χ2v) is 18.6. The summed E-state index contributed by atoms with van der Waals surface area (Å²) in [4.78, 5) is 0. The van der Waals surface area contributed by atoms with Gasteiger partial charge >= 0.3 is 0 Å². The molecule has 2 N–H and O–H groups in total. The standard InChI is InChI=1S/C16H32O2Si2/c1-15(2,17)13(19(5,6)7)11-12-14(16(3,4)18)20(8,9)10/h17-18H,1-10H3. The minimum absolute atomic E-state index is 0.887. The molecule has 0 spiro atoms. The highest BCUT2D eigenvalue weighted by atomic mass is 28.3. The van der Waals surface area contributed by atoms with E-state index in [4.69, 9.17) is 0 Å². The van der Waals surface area contributed by atoms with Crippen LogP contribution in [0.4, 0.5) is 0 Å². The Labute approximate surface area is 126 Å². The number of hydrogen-bond donors (Lipinski definition) is 2. The van der Waals surface area contributed by atoms with Crippen molar-refractivity contribution in [3.05, 3.63) is 21.9 Å². The third-order valence-electron chi connectivity index (χ3n) is 3.04. The Morgan fingerprint density at radius 3 is 0.950 bits per heavy atom. The normalized spacial score (nSPS) is 13.6. The van der Waals surface area contributed by atoms with E-state index in [1.165, 1.54) is 0 Å². The van der Waals surface area contributed by atoms with Gasteiger partial charge in [-0.3, -0.25) is 0 Å². The topological polar surface area (TPSA) is 40.5 Å². The van der Waals surface area contributed by atoms with Gasteiger partial charge in [0.25, 0.3) is 0 Å². The SMILES string of the molecule is CC(C)(O)C(=C=C=C(C(C)(C)O)[Si](C)(C)C)[Si](C)(C)C. The van der Waals surface area contributed by atoms with Crippen LogP contribution in [0.5, 0.6) is 0 Å². The quantitative estimate of drug-likeness (QED) is 0.611. The molecule has 0 saturated carbocycles. The Morgan fingerprint density at radius 2 is 0.850 bits per heavy atom. The number of rotatable bonds is 4. The summed E-state index contributed by atoms with van der Waals surface area (Å²) < 4.78 is 0. The zero-order valence-corrected chi connectivity index (χ0v) is 16.9. The molecule has 0 atom stereocenters. The van der Waals surface area contributed by atoms with E-state index in [2.05, 4.69) is 50.7 Å². The van der Waals surface area contributed by atoms with Crippen LogP contribution in [0.1, 0.15) is 27.7 Å². The summed E-state index contributed by atoms with van der Waals surface area (Å²) in [5.41, 5.74) is 4.68. The maximum absolute atomic E-state index is 10.4. The van der Waals surface area contributed by atoms with Crippen LogP contribution in [0.25, 0.3) is 0 Å². The Balaban J connectivity index is 6.51. The van der Waals surface area contributed by atoms with Crippen LogP contribution in [0.3, 0.4) is 0 Å². The monoisotopic (exact) mass is 312 g/mol. The molecule has 0 fully saturated rings. The molecular formula is C16H32O2Si2. The Morgan fingerprint density at radius 1 is 0.650 bits per heavy atom. The number of aliphatic hydroxyl groups is 2. The van der Waals surface area contributed by atoms with E-state index in [1.807, 2.05) is 0 Å². The molecule has 0 unspecified atom stereocenters. The van der Waals surface area contributed by atoms with E-state index in [0.717, 1.165) is 10.4 Å². The summed E-state index contributed by atoms with van der Waals surface area (Å²) in [6.45, 7) is 20.3. The van der Waals surface area contributed by atoms with E-state index in [-0.39, 0.29) is 0 Å². The smallest absolute Gasteiger partial charge is 0.0869 e. The molecule has 4 heteroatoms. The van der Waals surface area contributed by atoms with Crippen molar-refractivity contribution < 1.29 is 10.2 Å². The van der Waals surface area contributed by atoms with Crippen molar-refractivity contribution in [3.63, 3.8) is 0 Å². The molecule has 0 radical (unpaired) electrons. The van der Waals surface area contributed by atoms with Crippen molar-refractivity contribution >= 4 is 16.1 Å². The number of hydrogen-bond acceptors (Lipinski definition) is 2. The van der Waals surface area contributed by atoms with E-state index < -0.39 is 27.3 Å². The first-order valence-corrected chi connectivity index (χ1v) is 14.2. The lowest BCUT2D eigenvalue weighted by atomic mass is 10.1. The van der Waals surface area contributed by atoms with Gasteiger partial charge in [0.15, 0.2) is 0 Å². The van der Waals surface area contributed by atoms with Gasteiger partial charge in [0.1, 0.15) is 0 Å². The predicted molar refractivity (Wildman–Crippen MR) is 93.3 cm³/mol. The van der Waals surface area contributed by atoms with Crippen LogP contribution >= 0.6 is 0 Å². The van der Waals surface area contributed by atoms with Gasteiger partial charge in [0, 0.05) is 0 Å². The highest BCUT2D eigenvalue weighted by molar-refractivity contribution is 6.84. The molecule has 0 aliphatic heterocycles. The van der Waals surface area contributed by atoms with E-state index in [9.17, 15) is 10.2 Å². The summed E-state index contributed by atoms with van der Waals surface area (Å²) in [6, 6.07) is 0. The molecule has 0 amide bonds. The van der Waals surface area contributed by atoms with Gasteiger partial charge in [-0.25, -0.2) is 0 Å². The zero-order valence-electron chi connectivity index (χ0n) is 14.9. The fraction of sp³-hybridized carbons (Fsp3) is 0.750. The van der Waals surface area contributed by atoms with Gasteiger partial charge in [0.2, 0.25) is 0 Å². The third-order valence-corrected chi connectivity index (χ3v) is 7.51. The van der Waals surface area contributed by atoms with Crippen molar-refractivity contribution in [3.8, 4) is 0 Å². The van der Waals surface area contributed by atoms with Crippen LogP contribution in [0, 0.1) is 0 Å². The average Bonchev–Trinajstić information content (AvgIpc) is 2.02. The lowest BCUT2D eigenvalue weighted by molar-refractivity contribution is 0.125. The van der Waals surface area contributed by atoms with Crippen LogP contribution in [0.15, 0.2) is 21.9 Å². The van der Waals surface area contributed by atoms with Crippen LogP contribution < -0.4 is 0 Å². The van der Waals surface area contributed by atoms with Gasteiger partial charge < -0.3 is 10.2 Å². The maximum Gasteiger partial charge on any atom is 0.0869 e. The molecule has 0 rings (SSSR count). The summed E-state index contributed by atoms with van der Waals surface area (Å²) in [7, 11) is -3.39. The van der Waals surface area contributed by atoms with Crippen LogP contribution in [-0.4, -0.2) is 37.6 Å². The van der Waals surface area contributed by atoms with Crippen molar-refractivity contribution in [2.24, 2.45) is 0 Å². The van der Waals surface area contributed by atoms with E-state index in [0.29, 0.717) is 0 Å². The molecule has 0 aromatic carbocycles. The highest BCUT2D eigenvalue weighted by Crippen LogP contribution is 2.27. The molecule has 0 aliphatic carbocycles. The Bertz CT molecular complexity index is 375. The molecule has 0 aromatic rings. The maximum atomic E-state index is 10.4. The van der Waals surface area contributed by atoms with Gasteiger partial charge in [0.05, 0.1) is 27.3 Å². The molecule has 0 aliphatic rings. The van der Waals surface area contributed by atoms with Crippen molar-refractivity contribution in [2.45, 2.75) is 78.2 Å². The molecule has 20 heavy (non-hydrogen) atoms. The largest absolute Gasteiger partial charge is 0.386 e. The van der Waals surface area contributed by atoms with Crippen LogP contribution in [0.2, 0.25) is 39.3 Å². The Hall–Kier alpha value is -0.346. The Kier molecular flexibility index (Phi) is 5.70. The van der Waals surface area contributed by atoms with Gasteiger partial charge in [-0.15, -0.1) is 0 Å². The highest BCUT2D eigenvalue weighted by Gasteiger charge is 2.33. The fourth-order valence-electron chi connectivity index (χ4n) is 2.64. The van der Waals surface area contributed by atoms with Crippen molar-refractivity contribution in [1.29, 1.82) is 0 Å². The zero-order chi connectivity index (χ0) is 16.6. The van der Waals surface area contributed by atoms with Crippen LogP contribution in [-0.2, 0) is 0 Å². The summed E-state index contributed by atoms with van der Waals surface area (Å²) >= 11 is 0. The first-order valence-electron chi connectivity index (χ1n) is 7.20. The summed E-state index contributed by atoms with van der Waals surface area (Å²) in [6.07, 6.45) is 0. The molecule has 0 heterocycles.